The molecule has 0 radical (unpaired) electrons. The number of hydrogen-bond acceptors (Lipinski definition) is 5. The van der Waals surface area contributed by atoms with Crippen LogP contribution in [-0.4, -0.2) is 41.1 Å². The van der Waals surface area contributed by atoms with E-state index >= 15 is 0 Å². The number of rotatable bonds is 5. The summed E-state index contributed by atoms with van der Waals surface area (Å²) < 4.78 is 23.7. The van der Waals surface area contributed by atoms with Crippen LogP contribution in [0.4, 0.5) is 4.39 Å². The fraction of sp³-hybridized carbons (Fsp3) is 0.250. The Morgan fingerprint density at radius 2 is 1.96 bits per heavy atom. The topological polar surface area (TPSA) is 68.5 Å². The molecule has 1 saturated heterocycles. The van der Waals surface area contributed by atoms with Crippen molar-refractivity contribution >= 4 is 5.91 Å². The van der Waals surface area contributed by atoms with Crippen molar-refractivity contribution in [2.24, 2.45) is 0 Å². The highest BCUT2D eigenvalue weighted by Crippen LogP contribution is 2.31. The molecule has 7 heteroatoms. The van der Waals surface area contributed by atoms with Crippen LogP contribution < -0.4 is 4.74 Å². The van der Waals surface area contributed by atoms with Crippen molar-refractivity contribution in [3.63, 3.8) is 0 Å². The lowest BCUT2D eigenvalue weighted by Gasteiger charge is -2.37. The lowest BCUT2D eigenvalue weighted by atomic mass is 9.98. The lowest BCUT2D eigenvalue weighted by molar-refractivity contribution is -0.135. The predicted octanol–water partition coefficient (Wildman–Crippen LogP) is 3.05. The molecule has 138 valence electrons. The second-order valence-corrected chi connectivity index (χ2v) is 6.46. The summed E-state index contributed by atoms with van der Waals surface area (Å²) in [5.41, 5.74) is 1.56. The molecule has 0 atom stereocenters. The van der Waals surface area contributed by atoms with Gasteiger partial charge in [-0.2, -0.15) is 4.98 Å². The number of carbonyl (C=O) groups excluding carboxylic acids is 1. The Labute approximate surface area is 155 Å². The monoisotopic (exact) mass is 367 g/mol. The van der Waals surface area contributed by atoms with Gasteiger partial charge in [0.25, 0.3) is 0 Å². The van der Waals surface area contributed by atoms with Gasteiger partial charge in [-0.3, -0.25) is 4.79 Å². The molecule has 1 amide bonds. The average Bonchev–Trinajstić information content (AvgIpc) is 3.12. The van der Waals surface area contributed by atoms with Gasteiger partial charge in [-0.15, -0.1) is 0 Å². The van der Waals surface area contributed by atoms with Crippen LogP contribution in [0, 0.1) is 5.82 Å². The van der Waals surface area contributed by atoms with Gasteiger partial charge in [-0.05, 0) is 29.8 Å². The highest BCUT2D eigenvalue weighted by atomic mass is 19.1. The first-order valence-electron chi connectivity index (χ1n) is 8.63. The van der Waals surface area contributed by atoms with Crippen LogP contribution in [0.2, 0.25) is 0 Å². The number of para-hydroxylation sites is 1. The summed E-state index contributed by atoms with van der Waals surface area (Å²) in [6.07, 6.45) is 0.253. The third kappa shape index (κ3) is 3.53. The minimum absolute atomic E-state index is 0.00215. The van der Waals surface area contributed by atoms with E-state index < -0.39 is 0 Å². The van der Waals surface area contributed by atoms with Crippen LogP contribution in [-0.2, 0) is 11.2 Å². The van der Waals surface area contributed by atoms with Crippen LogP contribution in [0.5, 0.6) is 5.75 Å². The Hall–Kier alpha value is -3.22. The molecule has 27 heavy (non-hydrogen) atoms. The fourth-order valence-corrected chi connectivity index (χ4v) is 3.07. The Morgan fingerprint density at radius 1 is 1.22 bits per heavy atom. The van der Waals surface area contributed by atoms with Crippen LogP contribution in [0.25, 0.3) is 11.4 Å². The number of hydrogen-bond donors (Lipinski definition) is 0. The number of likely N-dealkylation sites (tertiary alicyclic amines) is 1. The number of halogens is 1. The van der Waals surface area contributed by atoms with E-state index in [-0.39, 0.29) is 24.1 Å². The molecular weight excluding hydrogens is 349 g/mol. The van der Waals surface area contributed by atoms with Crippen LogP contribution in [0.15, 0.2) is 53.1 Å². The number of amides is 1. The first-order valence-corrected chi connectivity index (χ1v) is 8.63. The Morgan fingerprint density at radius 3 is 2.70 bits per heavy atom. The Kier molecular flexibility index (Phi) is 4.58. The zero-order chi connectivity index (χ0) is 18.8. The van der Waals surface area contributed by atoms with Crippen molar-refractivity contribution in [2.45, 2.75) is 12.3 Å². The van der Waals surface area contributed by atoms with Crippen molar-refractivity contribution in [1.29, 1.82) is 0 Å². The summed E-state index contributed by atoms with van der Waals surface area (Å²) in [4.78, 5) is 18.5. The quantitative estimate of drug-likeness (QED) is 0.693. The molecule has 0 N–H and O–H groups in total. The second-order valence-electron chi connectivity index (χ2n) is 6.46. The van der Waals surface area contributed by atoms with Crippen molar-refractivity contribution < 1.29 is 18.4 Å². The third-order valence-electron chi connectivity index (χ3n) is 4.64. The number of aromatic nitrogens is 2. The second kappa shape index (κ2) is 7.19. The molecule has 1 aliphatic rings. The van der Waals surface area contributed by atoms with E-state index in [9.17, 15) is 9.18 Å². The maximum absolute atomic E-state index is 12.9. The maximum atomic E-state index is 12.9. The minimum atomic E-state index is -0.308. The fourth-order valence-electron chi connectivity index (χ4n) is 3.07. The van der Waals surface area contributed by atoms with E-state index in [0.29, 0.717) is 30.6 Å². The van der Waals surface area contributed by atoms with Crippen molar-refractivity contribution in [2.75, 3.05) is 20.2 Å². The number of benzene rings is 2. The third-order valence-corrected chi connectivity index (χ3v) is 4.64. The normalized spacial score (nSPS) is 14.1. The molecule has 2 aromatic carbocycles. The maximum Gasteiger partial charge on any atom is 0.233 e. The number of methoxy groups -OCH3 is 1. The summed E-state index contributed by atoms with van der Waals surface area (Å²) in [7, 11) is 1.59. The highest BCUT2D eigenvalue weighted by Gasteiger charge is 2.35. The van der Waals surface area contributed by atoms with E-state index in [2.05, 4.69) is 10.1 Å². The van der Waals surface area contributed by atoms with Crippen molar-refractivity contribution in [1.82, 2.24) is 15.0 Å². The molecular formula is C20H18FN3O3. The van der Waals surface area contributed by atoms with Gasteiger partial charge in [-0.1, -0.05) is 29.4 Å². The van der Waals surface area contributed by atoms with Crippen LogP contribution in [0.3, 0.4) is 0 Å². The summed E-state index contributed by atoms with van der Waals surface area (Å²) in [6.45, 7) is 1.07. The largest absolute Gasteiger partial charge is 0.496 e. The molecule has 6 nitrogen and oxygen atoms in total. The zero-order valence-corrected chi connectivity index (χ0v) is 14.8. The van der Waals surface area contributed by atoms with Gasteiger partial charge in [0.15, 0.2) is 0 Å². The molecule has 0 aliphatic carbocycles. The molecule has 0 spiro atoms. The molecule has 0 unspecified atom stereocenters. The molecule has 0 saturated carbocycles. The van der Waals surface area contributed by atoms with Gasteiger partial charge in [0.05, 0.1) is 25.0 Å². The molecule has 1 aliphatic heterocycles. The SMILES string of the molecule is COc1ccccc1-c1noc(C2CN(C(=O)Cc3ccc(F)cc3)C2)n1. The molecule has 1 fully saturated rings. The van der Waals surface area contributed by atoms with Gasteiger partial charge >= 0.3 is 0 Å². The Balaban J connectivity index is 1.38. The number of ether oxygens (including phenoxy) is 1. The van der Waals surface area contributed by atoms with Gasteiger partial charge in [0, 0.05) is 13.1 Å². The van der Waals surface area contributed by atoms with Gasteiger partial charge in [0.1, 0.15) is 11.6 Å². The first-order chi connectivity index (χ1) is 13.1. The molecule has 1 aromatic heterocycles. The minimum Gasteiger partial charge on any atom is -0.496 e. The number of nitrogens with zero attached hydrogens (tertiary/aromatic N) is 3. The molecule has 3 aromatic rings. The molecule has 0 bridgehead atoms. The summed E-state index contributed by atoms with van der Waals surface area (Å²) in [5, 5.41) is 4.04. The first kappa shape index (κ1) is 17.2. The van der Waals surface area contributed by atoms with Crippen molar-refractivity contribution in [3.05, 3.63) is 65.8 Å². The number of carbonyl (C=O) groups is 1. The van der Waals surface area contributed by atoms with E-state index in [1.807, 2.05) is 24.3 Å². The van der Waals surface area contributed by atoms with Gasteiger partial charge in [0.2, 0.25) is 17.6 Å². The summed E-state index contributed by atoms with van der Waals surface area (Å²) in [5.74, 6) is 1.38. The summed E-state index contributed by atoms with van der Waals surface area (Å²) in [6, 6.07) is 13.4. The molecule has 4 rings (SSSR count). The highest BCUT2D eigenvalue weighted by molar-refractivity contribution is 5.79. The zero-order valence-electron chi connectivity index (χ0n) is 14.8. The lowest BCUT2D eigenvalue weighted by Crippen LogP contribution is -2.49. The van der Waals surface area contributed by atoms with E-state index in [4.69, 9.17) is 9.26 Å². The standard InChI is InChI=1S/C20H18FN3O3/c1-26-17-5-3-2-4-16(17)19-22-20(27-23-19)14-11-24(12-14)18(25)10-13-6-8-15(21)9-7-13/h2-9,14H,10-12H2,1H3. The van der Waals surface area contributed by atoms with Crippen LogP contribution >= 0.6 is 0 Å². The van der Waals surface area contributed by atoms with Crippen LogP contribution in [0.1, 0.15) is 17.4 Å². The van der Waals surface area contributed by atoms with E-state index in [0.717, 1.165) is 11.1 Å². The summed E-state index contributed by atoms with van der Waals surface area (Å²) >= 11 is 0. The van der Waals surface area contributed by atoms with Gasteiger partial charge < -0.3 is 14.2 Å². The van der Waals surface area contributed by atoms with Gasteiger partial charge in [-0.25, -0.2) is 4.39 Å². The van der Waals surface area contributed by atoms with E-state index in [1.54, 1.807) is 24.1 Å². The smallest absolute Gasteiger partial charge is 0.233 e. The predicted molar refractivity (Wildman–Crippen MR) is 95.7 cm³/mol. The van der Waals surface area contributed by atoms with Crippen molar-refractivity contribution in [3.8, 4) is 17.1 Å². The molecule has 2 heterocycles. The van der Waals surface area contributed by atoms with E-state index in [1.165, 1.54) is 12.1 Å². The Bertz CT molecular complexity index is 949. The average molecular weight is 367 g/mol.